The van der Waals surface area contributed by atoms with E-state index in [4.69, 9.17) is 0 Å². The van der Waals surface area contributed by atoms with Crippen molar-refractivity contribution in [1.82, 2.24) is 20.4 Å². The van der Waals surface area contributed by atoms with Gasteiger partial charge in [-0.15, -0.1) is 24.8 Å². The molecule has 19 heavy (non-hydrogen) atoms. The predicted molar refractivity (Wildman–Crippen MR) is 80.0 cm³/mol. The van der Waals surface area contributed by atoms with Crippen LogP contribution < -0.4 is 10.6 Å². The van der Waals surface area contributed by atoms with Gasteiger partial charge < -0.3 is 10.6 Å². The predicted octanol–water partition coefficient (Wildman–Crippen LogP) is 1.37. The van der Waals surface area contributed by atoms with Crippen LogP contribution in [0.2, 0.25) is 0 Å². The van der Waals surface area contributed by atoms with E-state index in [1.165, 1.54) is 6.42 Å². The number of aromatic nitrogens is 2. The molecule has 0 aliphatic carbocycles. The lowest BCUT2D eigenvalue weighted by molar-refractivity contribution is -0.124. The summed E-state index contributed by atoms with van der Waals surface area (Å²) in [4.78, 5) is 11.9. The Morgan fingerprint density at radius 2 is 2.32 bits per heavy atom. The van der Waals surface area contributed by atoms with Crippen molar-refractivity contribution in [2.24, 2.45) is 0 Å². The van der Waals surface area contributed by atoms with E-state index in [2.05, 4.69) is 15.7 Å². The number of hydrogen-bond acceptors (Lipinski definition) is 3. The first-order valence-electron chi connectivity index (χ1n) is 6.27. The molecule has 1 aliphatic rings. The average Bonchev–Trinajstić information content (AvgIpc) is 2.82. The molecule has 1 fully saturated rings. The molecule has 1 aromatic rings. The molecule has 0 radical (unpaired) electrons. The fourth-order valence-corrected chi connectivity index (χ4v) is 2.15. The van der Waals surface area contributed by atoms with Crippen LogP contribution in [0.25, 0.3) is 0 Å². The van der Waals surface area contributed by atoms with Gasteiger partial charge in [-0.1, -0.05) is 6.42 Å². The van der Waals surface area contributed by atoms with Gasteiger partial charge in [-0.2, -0.15) is 5.10 Å². The lowest BCUT2D eigenvalue weighted by atomic mass is 10.0. The summed E-state index contributed by atoms with van der Waals surface area (Å²) in [5.74, 6) is 0.115. The van der Waals surface area contributed by atoms with E-state index in [9.17, 15) is 4.79 Å². The van der Waals surface area contributed by atoms with Crippen molar-refractivity contribution in [1.29, 1.82) is 0 Å². The van der Waals surface area contributed by atoms with Crippen LogP contribution in [-0.4, -0.2) is 34.3 Å². The number of carbonyl (C=O) groups excluding carboxylic acids is 1. The molecule has 110 valence electrons. The molecular weight excluding hydrogens is 287 g/mol. The van der Waals surface area contributed by atoms with Gasteiger partial charge in [-0.3, -0.25) is 9.48 Å². The summed E-state index contributed by atoms with van der Waals surface area (Å²) in [5, 5.41) is 10.4. The fraction of sp³-hybridized carbons (Fsp3) is 0.667. The average molecular weight is 309 g/mol. The zero-order valence-electron chi connectivity index (χ0n) is 11.0. The highest BCUT2D eigenvalue weighted by molar-refractivity contribution is 5.85. The van der Waals surface area contributed by atoms with Gasteiger partial charge in [0.2, 0.25) is 5.91 Å². The van der Waals surface area contributed by atoms with Gasteiger partial charge >= 0.3 is 0 Å². The van der Waals surface area contributed by atoms with Gasteiger partial charge in [0, 0.05) is 18.4 Å². The standard InChI is InChI=1S/C12H20N4O.2ClH/c1-10(9-16-8-4-7-14-16)15-12(17)11-5-2-3-6-13-11;;/h4,7-8,10-11,13H,2-3,5-6,9H2,1H3,(H,15,17);2*1H/t10?,11-;;/m1../s1. The van der Waals surface area contributed by atoms with E-state index < -0.39 is 0 Å². The monoisotopic (exact) mass is 308 g/mol. The Bertz CT molecular complexity index is 353. The molecule has 2 N–H and O–H groups in total. The maximum Gasteiger partial charge on any atom is 0.237 e. The molecule has 1 aromatic heterocycles. The highest BCUT2D eigenvalue weighted by Crippen LogP contribution is 2.07. The smallest absolute Gasteiger partial charge is 0.237 e. The highest BCUT2D eigenvalue weighted by Gasteiger charge is 2.21. The van der Waals surface area contributed by atoms with E-state index >= 15 is 0 Å². The van der Waals surface area contributed by atoms with Gasteiger partial charge in [0.05, 0.1) is 12.6 Å². The topological polar surface area (TPSA) is 59.0 Å². The molecule has 0 spiro atoms. The molecule has 0 saturated carbocycles. The van der Waals surface area contributed by atoms with Gasteiger partial charge in [0.25, 0.3) is 0 Å². The first-order chi connectivity index (χ1) is 8.25. The second kappa shape index (κ2) is 9.18. The van der Waals surface area contributed by atoms with Crippen LogP contribution in [-0.2, 0) is 11.3 Å². The number of hydrogen-bond donors (Lipinski definition) is 2. The van der Waals surface area contributed by atoms with Crippen molar-refractivity contribution in [3.8, 4) is 0 Å². The van der Waals surface area contributed by atoms with Gasteiger partial charge in [-0.25, -0.2) is 0 Å². The van der Waals surface area contributed by atoms with Crippen LogP contribution in [0.3, 0.4) is 0 Å². The number of piperidine rings is 1. The van der Waals surface area contributed by atoms with E-state index in [0.29, 0.717) is 6.54 Å². The minimum Gasteiger partial charge on any atom is -0.350 e. The molecule has 7 heteroatoms. The molecule has 2 rings (SSSR count). The summed E-state index contributed by atoms with van der Waals surface area (Å²) < 4.78 is 1.83. The van der Waals surface area contributed by atoms with Crippen molar-refractivity contribution in [2.75, 3.05) is 6.54 Å². The normalized spacial score (nSPS) is 19.7. The largest absolute Gasteiger partial charge is 0.350 e. The first-order valence-corrected chi connectivity index (χ1v) is 6.27. The number of rotatable bonds is 4. The van der Waals surface area contributed by atoms with Crippen molar-refractivity contribution >= 4 is 30.7 Å². The maximum absolute atomic E-state index is 11.9. The Hall–Kier alpha value is -0.780. The Balaban J connectivity index is 0.00000162. The van der Waals surface area contributed by atoms with Crippen LogP contribution in [0.15, 0.2) is 18.5 Å². The third kappa shape index (κ3) is 5.80. The Kier molecular flexibility index (Phi) is 8.80. The molecule has 0 aromatic carbocycles. The molecule has 2 heterocycles. The minimum absolute atomic E-state index is 0. The molecule has 2 atom stereocenters. The third-order valence-corrected chi connectivity index (χ3v) is 3.04. The Morgan fingerprint density at radius 1 is 1.53 bits per heavy atom. The second-order valence-electron chi connectivity index (χ2n) is 4.64. The fourth-order valence-electron chi connectivity index (χ4n) is 2.15. The van der Waals surface area contributed by atoms with Crippen molar-refractivity contribution in [3.05, 3.63) is 18.5 Å². The van der Waals surface area contributed by atoms with Gasteiger partial charge in [0.15, 0.2) is 0 Å². The Labute approximate surface area is 126 Å². The molecule has 1 saturated heterocycles. The molecule has 0 bridgehead atoms. The highest BCUT2D eigenvalue weighted by atomic mass is 35.5. The summed E-state index contributed by atoms with van der Waals surface area (Å²) in [6.45, 7) is 3.67. The second-order valence-corrected chi connectivity index (χ2v) is 4.64. The van der Waals surface area contributed by atoms with Crippen LogP contribution in [0.1, 0.15) is 26.2 Å². The molecule has 1 aliphatic heterocycles. The lowest BCUT2D eigenvalue weighted by Gasteiger charge is -2.24. The number of halogens is 2. The summed E-state index contributed by atoms with van der Waals surface area (Å²) in [6.07, 6.45) is 6.91. The third-order valence-electron chi connectivity index (χ3n) is 3.04. The summed E-state index contributed by atoms with van der Waals surface area (Å²) in [6, 6.07) is 1.98. The van der Waals surface area contributed by atoms with Crippen molar-refractivity contribution in [3.63, 3.8) is 0 Å². The van der Waals surface area contributed by atoms with Crippen LogP contribution in [0.4, 0.5) is 0 Å². The zero-order chi connectivity index (χ0) is 12.1. The molecular formula is C12H22Cl2N4O. The zero-order valence-corrected chi connectivity index (χ0v) is 12.7. The number of carbonyl (C=O) groups is 1. The van der Waals surface area contributed by atoms with E-state index in [1.807, 2.05) is 23.9 Å². The van der Waals surface area contributed by atoms with E-state index in [1.54, 1.807) is 6.20 Å². The first kappa shape index (κ1) is 18.2. The summed E-state index contributed by atoms with van der Waals surface area (Å²) in [7, 11) is 0. The Morgan fingerprint density at radius 3 is 2.89 bits per heavy atom. The van der Waals surface area contributed by atoms with Crippen LogP contribution in [0, 0.1) is 0 Å². The molecule has 5 nitrogen and oxygen atoms in total. The lowest BCUT2D eigenvalue weighted by Crippen LogP contribution is -2.49. The van der Waals surface area contributed by atoms with Crippen molar-refractivity contribution in [2.45, 2.75) is 44.8 Å². The van der Waals surface area contributed by atoms with E-state index in [-0.39, 0.29) is 42.8 Å². The quantitative estimate of drug-likeness (QED) is 0.883. The van der Waals surface area contributed by atoms with Crippen molar-refractivity contribution < 1.29 is 4.79 Å². The maximum atomic E-state index is 11.9. The van der Waals surface area contributed by atoms with Crippen LogP contribution >= 0.6 is 24.8 Å². The molecule has 1 amide bonds. The summed E-state index contributed by atoms with van der Waals surface area (Å²) in [5.41, 5.74) is 0. The minimum atomic E-state index is -0.0104. The van der Waals surface area contributed by atoms with Crippen LogP contribution in [0.5, 0.6) is 0 Å². The summed E-state index contributed by atoms with van der Waals surface area (Å²) >= 11 is 0. The van der Waals surface area contributed by atoms with Gasteiger partial charge in [0.1, 0.15) is 0 Å². The molecule has 1 unspecified atom stereocenters. The van der Waals surface area contributed by atoms with E-state index in [0.717, 1.165) is 19.4 Å². The SMILES string of the molecule is CC(Cn1cccn1)NC(=O)[C@H]1CCCCN1.Cl.Cl. The number of nitrogens with zero attached hydrogens (tertiary/aromatic N) is 2. The van der Waals surface area contributed by atoms with Gasteiger partial charge in [-0.05, 0) is 32.4 Å². The number of amides is 1. The number of nitrogens with one attached hydrogen (secondary N) is 2.